The normalized spacial score (nSPS) is 17.9. The van der Waals surface area contributed by atoms with E-state index < -0.39 is 45.3 Å². The zero-order valence-electron chi connectivity index (χ0n) is 18.2. The van der Waals surface area contributed by atoms with Crippen LogP contribution in [0.2, 0.25) is 10.0 Å². The molecule has 2 amide bonds. The summed E-state index contributed by atoms with van der Waals surface area (Å²) in [6.45, 7) is 0. The van der Waals surface area contributed by atoms with Crippen LogP contribution in [0.5, 0.6) is 0 Å². The van der Waals surface area contributed by atoms with Gasteiger partial charge in [0, 0.05) is 23.1 Å². The molecular formula is C24H16BrCl4F2N3O2. The molecule has 36 heavy (non-hydrogen) atoms. The fourth-order valence-corrected chi connectivity index (χ4v) is 5.38. The molecule has 1 aliphatic carbocycles. The van der Waals surface area contributed by atoms with Crippen molar-refractivity contribution in [2.24, 2.45) is 5.92 Å². The maximum absolute atomic E-state index is 14.5. The van der Waals surface area contributed by atoms with Crippen molar-refractivity contribution in [3.05, 3.63) is 85.8 Å². The van der Waals surface area contributed by atoms with Gasteiger partial charge in [0.25, 0.3) is 5.91 Å². The molecule has 3 aromatic rings. The Labute approximate surface area is 233 Å². The van der Waals surface area contributed by atoms with Gasteiger partial charge in [-0.05, 0) is 64.0 Å². The molecule has 1 aliphatic rings. The molecule has 5 nitrogen and oxygen atoms in total. The quantitative estimate of drug-likeness (QED) is 0.241. The molecule has 188 valence electrons. The molecule has 3 aromatic carbocycles. The molecule has 0 aliphatic heterocycles. The number of carbonyl (C=O) groups is 2. The van der Waals surface area contributed by atoms with Crippen molar-refractivity contribution in [1.82, 2.24) is 0 Å². The predicted molar refractivity (Wildman–Crippen MR) is 144 cm³/mol. The summed E-state index contributed by atoms with van der Waals surface area (Å²) in [6.07, 6.45) is 0. The number of hydrogen-bond acceptors (Lipinski definition) is 3. The van der Waals surface area contributed by atoms with Crippen LogP contribution in [0.25, 0.3) is 0 Å². The number of rotatable bonds is 6. The molecular weight excluding hydrogens is 622 g/mol. The van der Waals surface area contributed by atoms with Crippen LogP contribution in [-0.2, 0) is 4.79 Å². The molecule has 1 fully saturated rings. The average Bonchev–Trinajstić information content (AvgIpc) is 3.41. The molecule has 1 saturated carbocycles. The van der Waals surface area contributed by atoms with Gasteiger partial charge in [-0.3, -0.25) is 9.59 Å². The van der Waals surface area contributed by atoms with Crippen LogP contribution in [0, 0.1) is 17.6 Å². The zero-order valence-corrected chi connectivity index (χ0v) is 22.8. The summed E-state index contributed by atoms with van der Waals surface area (Å²) in [5, 5.41) is 8.01. The van der Waals surface area contributed by atoms with E-state index >= 15 is 0 Å². The van der Waals surface area contributed by atoms with E-state index in [1.807, 2.05) is 0 Å². The van der Waals surface area contributed by atoms with Gasteiger partial charge < -0.3 is 16.0 Å². The second-order valence-electron chi connectivity index (χ2n) is 7.98. The van der Waals surface area contributed by atoms with Crippen molar-refractivity contribution < 1.29 is 18.4 Å². The van der Waals surface area contributed by atoms with Gasteiger partial charge in [0.1, 0.15) is 15.8 Å². The van der Waals surface area contributed by atoms with Gasteiger partial charge in [-0.15, -0.1) is 23.2 Å². The maximum Gasteiger partial charge on any atom is 0.257 e. The van der Waals surface area contributed by atoms with E-state index in [0.29, 0.717) is 9.50 Å². The van der Waals surface area contributed by atoms with Gasteiger partial charge in [0.2, 0.25) is 5.91 Å². The summed E-state index contributed by atoms with van der Waals surface area (Å²) in [5.41, 5.74) is 0.297. The number of carbonyl (C=O) groups excluding carboxylic acids is 2. The molecule has 2 atom stereocenters. The van der Waals surface area contributed by atoms with Crippen LogP contribution in [-0.4, -0.2) is 23.2 Å². The lowest BCUT2D eigenvalue weighted by Gasteiger charge is -2.12. The van der Waals surface area contributed by atoms with Crippen molar-refractivity contribution in [3.63, 3.8) is 0 Å². The summed E-state index contributed by atoms with van der Waals surface area (Å²) < 4.78 is 27.5. The van der Waals surface area contributed by atoms with Crippen LogP contribution in [0.3, 0.4) is 0 Å². The van der Waals surface area contributed by atoms with E-state index in [0.717, 1.165) is 17.7 Å². The Morgan fingerprint density at radius 1 is 0.972 bits per heavy atom. The Morgan fingerprint density at radius 3 is 2.33 bits per heavy atom. The predicted octanol–water partition coefficient (Wildman–Crippen LogP) is 7.85. The van der Waals surface area contributed by atoms with E-state index in [9.17, 15) is 18.4 Å². The topological polar surface area (TPSA) is 70.2 Å². The van der Waals surface area contributed by atoms with Crippen LogP contribution >= 0.6 is 62.3 Å². The van der Waals surface area contributed by atoms with Crippen molar-refractivity contribution in [3.8, 4) is 0 Å². The van der Waals surface area contributed by atoms with Crippen molar-refractivity contribution >= 4 is 91.2 Å². The number of halogens is 7. The molecule has 0 radical (unpaired) electrons. The number of benzene rings is 3. The first-order valence-corrected chi connectivity index (χ1v) is 12.7. The van der Waals surface area contributed by atoms with Crippen LogP contribution in [0.15, 0.2) is 53.0 Å². The van der Waals surface area contributed by atoms with E-state index in [4.69, 9.17) is 46.4 Å². The second-order valence-corrected chi connectivity index (χ2v) is 11.1. The largest absolute Gasteiger partial charge is 0.383 e. The SMILES string of the molecule is CNc1c(F)ccc(NC(=O)c2cc(NC(=O)C3C(c4ccc(Cl)c(Br)c4)C3(Cl)Cl)ccc2Cl)c1F. The summed E-state index contributed by atoms with van der Waals surface area (Å²) in [4.78, 5) is 25.8. The second kappa shape index (κ2) is 10.3. The van der Waals surface area contributed by atoms with Crippen LogP contribution in [0.1, 0.15) is 21.8 Å². The molecule has 3 N–H and O–H groups in total. The average molecular weight is 638 g/mol. The van der Waals surface area contributed by atoms with Crippen LogP contribution < -0.4 is 16.0 Å². The fourth-order valence-electron chi connectivity index (χ4n) is 3.84. The first-order valence-electron chi connectivity index (χ1n) is 10.4. The number of anilines is 3. The Bertz CT molecular complexity index is 1390. The molecule has 0 spiro atoms. The minimum Gasteiger partial charge on any atom is -0.383 e. The monoisotopic (exact) mass is 635 g/mol. The first kappa shape index (κ1) is 26.9. The lowest BCUT2D eigenvalue weighted by atomic mass is 10.1. The van der Waals surface area contributed by atoms with Crippen molar-refractivity contribution in [2.75, 3.05) is 23.0 Å². The summed E-state index contributed by atoms with van der Waals surface area (Å²) in [6, 6.07) is 11.5. The summed E-state index contributed by atoms with van der Waals surface area (Å²) in [7, 11) is 1.35. The highest BCUT2D eigenvalue weighted by atomic mass is 79.9. The highest BCUT2D eigenvalue weighted by Crippen LogP contribution is 2.65. The van der Waals surface area contributed by atoms with Crippen LogP contribution in [0.4, 0.5) is 25.8 Å². The summed E-state index contributed by atoms with van der Waals surface area (Å²) >= 11 is 28.4. The molecule has 0 aromatic heterocycles. The zero-order chi connectivity index (χ0) is 26.4. The highest BCUT2D eigenvalue weighted by Gasteiger charge is 2.67. The molecule has 4 rings (SSSR count). The third kappa shape index (κ3) is 5.15. The fraction of sp³-hybridized carbons (Fsp3) is 0.167. The van der Waals surface area contributed by atoms with Gasteiger partial charge in [-0.25, -0.2) is 8.78 Å². The Kier molecular flexibility index (Phi) is 7.74. The molecule has 0 heterocycles. The van der Waals surface area contributed by atoms with Gasteiger partial charge in [0.05, 0.1) is 27.2 Å². The van der Waals surface area contributed by atoms with Gasteiger partial charge in [0.15, 0.2) is 5.82 Å². The lowest BCUT2D eigenvalue weighted by molar-refractivity contribution is -0.117. The number of alkyl halides is 2. The van der Waals surface area contributed by atoms with Gasteiger partial charge in [-0.1, -0.05) is 29.3 Å². The minimum absolute atomic E-state index is 0.0406. The van der Waals surface area contributed by atoms with Gasteiger partial charge >= 0.3 is 0 Å². The lowest BCUT2D eigenvalue weighted by Crippen LogP contribution is -2.18. The van der Waals surface area contributed by atoms with Crippen molar-refractivity contribution in [1.29, 1.82) is 0 Å². The van der Waals surface area contributed by atoms with E-state index in [1.165, 1.54) is 25.2 Å². The third-order valence-electron chi connectivity index (χ3n) is 5.71. The molecule has 2 unspecified atom stereocenters. The van der Waals surface area contributed by atoms with E-state index in [1.54, 1.807) is 18.2 Å². The first-order chi connectivity index (χ1) is 16.9. The van der Waals surface area contributed by atoms with E-state index in [2.05, 4.69) is 31.9 Å². The Morgan fingerprint density at radius 2 is 1.67 bits per heavy atom. The summed E-state index contributed by atoms with van der Waals surface area (Å²) in [5.74, 6) is -4.26. The maximum atomic E-state index is 14.5. The van der Waals surface area contributed by atoms with Crippen molar-refractivity contribution in [2.45, 2.75) is 10.3 Å². The smallest absolute Gasteiger partial charge is 0.257 e. The number of amides is 2. The Hall–Kier alpha value is -2.10. The standard InChI is InChI=1S/C24H16BrCl4F2N3O2/c1-32-21-16(30)6-7-17(20(21)31)34-22(35)12-9-11(3-5-14(12)26)33-23(36)19-18(24(19,28)29)10-2-4-15(27)13(25)8-10/h2-9,18-19,32H,1H3,(H,33,36)(H,34,35). The van der Waals surface area contributed by atoms with E-state index in [-0.39, 0.29) is 22.0 Å². The number of hydrogen-bond donors (Lipinski definition) is 3. The molecule has 0 bridgehead atoms. The minimum atomic E-state index is -1.34. The Balaban J connectivity index is 1.52. The molecule has 0 saturated heterocycles. The highest BCUT2D eigenvalue weighted by molar-refractivity contribution is 9.10. The molecule has 12 heteroatoms. The third-order valence-corrected chi connectivity index (χ3v) is 8.19. The number of nitrogens with one attached hydrogen (secondary N) is 3. The van der Waals surface area contributed by atoms with Gasteiger partial charge in [-0.2, -0.15) is 0 Å².